The minimum absolute atomic E-state index is 0.00322. The molecular formula is C27H34N4O6S. The number of thiophene rings is 1. The van der Waals surface area contributed by atoms with Crippen molar-refractivity contribution in [3.63, 3.8) is 0 Å². The molecule has 2 heterocycles. The average molecular weight is 543 g/mol. The van der Waals surface area contributed by atoms with Crippen LogP contribution in [0.3, 0.4) is 0 Å². The molecule has 3 rings (SSSR count). The lowest BCUT2D eigenvalue weighted by molar-refractivity contribution is -0.146. The number of unbranched alkanes of at least 4 members (excludes halogenated alkanes) is 2. The Labute approximate surface area is 224 Å². The highest BCUT2D eigenvalue weighted by atomic mass is 32.1. The zero-order chi connectivity index (χ0) is 27.5. The molecule has 0 aliphatic rings. The lowest BCUT2D eigenvalue weighted by Gasteiger charge is -2.17. The van der Waals surface area contributed by atoms with E-state index in [-0.39, 0.29) is 37.6 Å². The zero-order valence-corrected chi connectivity index (χ0v) is 22.5. The number of rotatable bonds is 14. The van der Waals surface area contributed by atoms with Crippen LogP contribution in [0.25, 0.3) is 10.2 Å². The molecule has 3 aromatic rings. The molecule has 0 radical (unpaired) electrons. The third-order valence-electron chi connectivity index (χ3n) is 5.90. The Morgan fingerprint density at radius 3 is 2.47 bits per heavy atom. The number of aromatic amines is 1. The van der Waals surface area contributed by atoms with E-state index >= 15 is 0 Å². The number of carbonyl (C=O) groups excluding carboxylic acids is 3. The number of nitrogen functional groups attached to an aromatic ring is 1. The van der Waals surface area contributed by atoms with E-state index in [1.54, 1.807) is 26.0 Å². The SMILES string of the molecule is CCOC(=O)CC[C@H](NC(=O)c1ccc(CCCCCc2cc3c(=O)[nH]c(N)nc3s2)cc1)C(=O)OCC. The predicted molar refractivity (Wildman–Crippen MR) is 146 cm³/mol. The monoisotopic (exact) mass is 542 g/mol. The Bertz CT molecular complexity index is 1300. The van der Waals surface area contributed by atoms with Crippen LogP contribution < -0.4 is 16.6 Å². The van der Waals surface area contributed by atoms with Gasteiger partial charge in [0.1, 0.15) is 10.9 Å². The quantitative estimate of drug-likeness (QED) is 0.207. The summed E-state index contributed by atoms with van der Waals surface area (Å²) in [6.45, 7) is 3.82. The maximum absolute atomic E-state index is 12.7. The van der Waals surface area contributed by atoms with Gasteiger partial charge in [0.15, 0.2) is 0 Å². The van der Waals surface area contributed by atoms with Crippen LogP contribution in [0.1, 0.15) is 66.8 Å². The average Bonchev–Trinajstić information content (AvgIpc) is 3.30. The lowest BCUT2D eigenvalue weighted by Crippen LogP contribution is -2.42. The molecule has 0 fully saturated rings. The van der Waals surface area contributed by atoms with Gasteiger partial charge in [-0.2, -0.15) is 0 Å². The summed E-state index contributed by atoms with van der Waals surface area (Å²) < 4.78 is 9.94. The number of aryl methyl sites for hydroxylation is 2. The Balaban J connectivity index is 1.45. The first-order valence-corrected chi connectivity index (χ1v) is 13.6. The van der Waals surface area contributed by atoms with Gasteiger partial charge >= 0.3 is 11.9 Å². The number of carbonyl (C=O) groups is 3. The topological polar surface area (TPSA) is 153 Å². The van der Waals surface area contributed by atoms with E-state index in [4.69, 9.17) is 15.2 Å². The summed E-state index contributed by atoms with van der Waals surface area (Å²) in [6, 6.07) is 8.22. The highest BCUT2D eigenvalue weighted by Gasteiger charge is 2.24. The number of esters is 2. The summed E-state index contributed by atoms with van der Waals surface area (Å²) in [5.74, 6) is -1.28. The van der Waals surface area contributed by atoms with Gasteiger partial charge in [-0.15, -0.1) is 11.3 Å². The first-order valence-electron chi connectivity index (χ1n) is 12.8. The summed E-state index contributed by atoms with van der Waals surface area (Å²) in [7, 11) is 0. The van der Waals surface area contributed by atoms with E-state index in [0.717, 1.165) is 42.5 Å². The molecule has 0 saturated heterocycles. The van der Waals surface area contributed by atoms with E-state index in [9.17, 15) is 19.2 Å². The highest BCUT2D eigenvalue weighted by Crippen LogP contribution is 2.23. The summed E-state index contributed by atoms with van der Waals surface area (Å²) in [6.07, 6.45) is 4.84. The number of fused-ring (bicyclic) bond motifs is 1. The fourth-order valence-corrected chi connectivity index (χ4v) is 5.05. The number of nitrogens with one attached hydrogen (secondary N) is 2. The van der Waals surface area contributed by atoms with Crippen LogP contribution >= 0.6 is 11.3 Å². The number of nitrogens with zero attached hydrogens (tertiary/aromatic N) is 1. The second kappa shape index (κ2) is 14.3. The van der Waals surface area contributed by atoms with Crippen molar-refractivity contribution in [2.24, 2.45) is 0 Å². The number of ether oxygens (including phenoxy) is 2. The van der Waals surface area contributed by atoms with Gasteiger partial charge in [-0.3, -0.25) is 19.4 Å². The molecule has 1 amide bonds. The molecule has 38 heavy (non-hydrogen) atoms. The fourth-order valence-electron chi connectivity index (χ4n) is 3.98. The molecule has 1 aromatic carbocycles. The number of hydrogen-bond acceptors (Lipinski definition) is 9. The Morgan fingerprint density at radius 1 is 1.05 bits per heavy atom. The molecule has 204 valence electrons. The summed E-state index contributed by atoms with van der Waals surface area (Å²) >= 11 is 1.50. The summed E-state index contributed by atoms with van der Waals surface area (Å²) in [5.41, 5.74) is 6.94. The second-order valence-corrected chi connectivity index (χ2v) is 9.88. The van der Waals surface area contributed by atoms with Crippen molar-refractivity contribution >= 4 is 45.3 Å². The van der Waals surface area contributed by atoms with Gasteiger partial charge in [-0.05, 0) is 69.7 Å². The van der Waals surface area contributed by atoms with Gasteiger partial charge < -0.3 is 20.5 Å². The van der Waals surface area contributed by atoms with Crippen LogP contribution in [0, 0.1) is 0 Å². The minimum Gasteiger partial charge on any atom is -0.466 e. The molecule has 1 atom stereocenters. The number of aromatic nitrogens is 2. The van der Waals surface area contributed by atoms with Crippen molar-refractivity contribution in [2.75, 3.05) is 18.9 Å². The van der Waals surface area contributed by atoms with Crippen molar-refractivity contribution in [2.45, 2.75) is 64.8 Å². The molecule has 0 saturated carbocycles. The number of nitrogens with two attached hydrogens (primary N) is 1. The van der Waals surface area contributed by atoms with Crippen LogP contribution in [-0.4, -0.2) is 47.1 Å². The van der Waals surface area contributed by atoms with Gasteiger partial charge in [0.25, 0.3) is 11.5 Å². The number of benzene rings is 1. The first kappa shape index (κ1) is 28.8. The third-order valence-corrected chi connectivity index (χ3v) is 6.98. The van der Waals surface area contributed by atoms with Crippen LogP contribution in [0.2, 0.25) is 0 Å². The van der Waals surface area contributed by atoms with Gasteiger partial charge in [0.2, 0.25) is 5.95 Å². The van der Waals surface area contributed by atoms with Gasteiger partial charge in [-0.1, -0.05) is 18.6 Å². The Morgan fingerprint density at radius 2 is 1.76 bits per heavy atom. The molecule has 4 N–H and O–H groups in total. The lowest BCUT2D eigenvalue weighted by atomic mass is 10.0. The standard InChI is InChI=1S/C27H34N4O6S/c1-3-36-22(32)15-14-21(26(35)37-4-2)29-23(33)18-12-10-17(11-13-18)8-6-5-7-9-19-16-20-24(34)30-27(28)31-25(20)38-19/h10-13,16,21H,3-9,14-15H2,1-2H3,(H,29,33)(H3,28,30,31,34)/t21-/m0/s1. The van der Waals surface area contributed by atoms with Crippen molar-refractivity contribution < 1.29 is 23.9 Å². The smallest absolute Gasteiger partial charge is 0.328 e. The molecule has 0 aliphatic heterocycles. The molecule has 0 unspecified atom stereocenters. The molecule has 0 spiro atoms. The number of anilines is 1. The van der Waals surface area contributed by atoms with E-state index < -0.39 is 23.9 Å². The maximum atomic E-state index is 12.7. The summed E-state index contributed by atoms with van der Waals surface area (Å²) in [5, 5.41) is 3.25. The fraction of sp³-hybridized carbons (Fsp3) is 0.444. The number of H-pyrrole nitrogens is 1. The van der Waals surface area contributed by atoms with Crippen molar-refractivity contribution in [3.8, 4) is 0 Å². The normalized spacial score (nSPS) is 11.7. The molecule has 0 aliphatic carbocycles. The molecule has 10 nitrogen and oxygen atoms in total. The van der Waals surface area contributed by atoms with Gasteiger partial charge in [0, 0.05) is 16.9 Å². The van der Waals surface area contributed by atoms with Crippen LogP contribution in [0.5, 0.6) is 0 Å². The second-order valence-electron chi connectivity index (χ2n) is 8.76. The van der Waals surface area contributed by atoms with Crippen molar-refractivity contribution in [1.29, 1.82) is 0 Å². The van der Waals surface area contributed by atoms with E-state index in [1.807, 2.05) is 18.2 Å². The van der Waals surface area contributed by atoms with Crippen LogP contribution in [-0.2, 0) is 31.9 Å². The van der Waals surface area contributed by atoms with Gasteiger partial charge in [-0.25, -0.2) is 9.78 Å². The maximum Gasteiger partial charge on any atom is 0.328 e. The van der Waals surface area contributed by atoms with Crippen LogP contribution in [0.4, 0.5) is 5.95 Å². The molecule has 2 aromatic heterocycles. The molecule has 0 bridgehead atoms. The first-order chi connectivity index (χ1) is 18.3. The van der Waals surface area contributed by atoms with Crippen molar-refractivity contribution in [1.82, 2.24) is 15.3 Å². The van der Waals surface area contributed by atoms with Gasteiger partial charge in [0.05, 0.1) is 18.6 Å². The number of hydrogen-bond donors (Lipinski definition) is 3. The largest absolute Gasteiger partial charge is 0.466 e. The highest BCUT2D eigenvalue weighted by molar-refractivity contribution is 7.18. The van der Waals surface area contributed by atoms with E-state index in [0.29, 0.717) is 15.8 Å². The number of amides is 1. The Kier molecular flexibility index (Phi) is 10.8. The minimum atomic E-state index is -0.932. The van der Waals surface area contributed by atoms with Crippen LogP contribution in [0.15, 0.2) is 35.1 Å². The zero-order valence-electron chi connectivity index (χ0n) is 21.7. The van der Waals surface area contributed by atoms with E-state index in [2.05, 4.69) is 15.3 Å². The molecule has 11 heteroatoms. The third kappa shape index (κ3) is 8.41. The summed E-state index contributed by atoms with van der Waals surface area (Å²) in [4.78, 5) is 57.1. The molecular weight excluding hydrogens is 508 g/mol. The Hall–Kier alpha value is -3.73. The predicted octanol–water partition coefficient (Wildman–Crippen LogP) is 3.53. The van der Waals surface area contributed by atoms with E-state index in [1.165, 1.54) is 11.3 Å². The van der Waals surface area contributed by atoms with Crippen molar-refractivity contribution in [3.05, 3.63) is 56.7 Å².